The summed E-state index contributed by atoms with van der Waals surface area (Å²) in [5.74, 6) is 0. The van der Waals surface area contributed by atoms with Crippen LogP contribution < -0.4 is 0 Å². The molecule has 3 heteroatoms. The van der Waals surface area contributed by atoms with Gasteiger partial charge >= 0.3 is 0 Å². The summed E-state index contributed by atoms with van der Waals surface area (Å²) in [7, 11) is 1.85. The van der Waals surface area contributed by atoms with Crippen molar-refractivity contribution < 1.29 is 4.74 Å². The summed E-state index contributed by atoms with van der Waals surface area (Å²) in [5, 5.41) is 0. The van der Waals surface area contributed by atoms with E-state index in [0.717, 1.165) is 6.04 Å². The first kappa shape index (κ1) is 12.3. The largest absolute Gasteiger partial charge is 0.381 e. The Morgan fingerprint density at radius 3 is 2.12 bits per heavy atom. The molecule has 0 aliphatic carbocycles. The van der Waals surface area contributed by atoms with Gasteiger partial charge in [0, 0.05) is 26.2 Å². The average Bonchev–Trinajstić information content (AvgIpc) is 2.39. The van der Waals surface area contributed by atoms with Gasteiger partial charge in [0.05, 0.1) is 6.10 Å². The zero-order chi connectivity index (χ0) is 11.4. The molecule has 0 spiro atoms. The molecule has 0 bridgehead atoms. The minimum atomic E-state index is 0.520. The second kappa shape index (κ2) is 5.99. The highest BCUT2D eigenvalue weighted by atomic mass is 16.5. The highest BCUT2D eigenvalue weighted by molar-refractivity contribution is 4.83. The van der Waals surface area contributed by atoms with E-state index in [-0.39, 0.29) is 0 Å². The summed E-state index contributed by atoms with van der Waals surface area (Å²) in [6.45, 7) is 8.57. The molecule has 0 aromatic rings. The average molecular weight is 226 g/mol. The Morgan fingerprint density at radius 2 is 1.62 bits per heavy atom. The predicted molar refractivity (Wildman–Crippen MR) is 66.7 cm³/mol. The molecule has 3 nitrogen and oxygen atoms in total. The van der Waals surface area contributed by atoms with Crippen molar-refractivity contribution in [2.45, 2.75) is 44.8 Å². The van der Waals surface area contributed by atoms with Crippen molar-refractivity contribution >= 4 is 0 Å². The zero-order valence-corrected chi connectivity index (χ0v) is 10.8. The number of ether oxygens (including phenoxy) is 1. The van der Waals surface area contributed by atoms with Gasteiger partial charge in [-0.15, -0.1) is 0 Å². The topological polar surface area (TPSA) is 15.7 Å². The van der Waals surface area contributed by atoms with Crippen LogP contribution in [0.25, 0.3) is 0 Å². The van der Waals surface area contributed by atoms with E-state index in [0.29, 0.717) is 6.10 Å². The van der Waals surface area contributed by atoms with Crippen molar-refractivity contribution in [1.82, 2.24) is 9.80 Å². The van der Waals surface area contributed by atoms with Crippen LogP contribution in [0.2, 0.25) is 0 Å². The van der Waals surface area contributed by atoms with Gasteiger partial charge in [0.25, 0.3) is 0 Å². The molecule has 2 fully saturated rings. The Balaban J connectivity index is 1.73. The van der Waals surface area contributed by atoms with Crippen molar-refractivity contribution in [3.05, 3.63) is 0 Å². The first-order valence-electron chi connectivity index (χ1n) is 6.82. The molecule has 0 radical (unpaired) electrons. The summed E-state index contributed by atoms with van der Waals surface area (Å²) >= 11 is 0. The van der Waals surface area contributed by atoms with E-state index in [1.807, 2.05) is 7.11 Å². The molecule has 0 N–H and O–H groups in total. The maximum atomic E-state index is 5.43. The van der Waals surface area contributed by atoms with Crippen molar-refractivity contribution in [3.8, 4) is 0 Å². The smallest absolute Gasteiger partial charge is 0.0595 e. The Bertz CT molecular complexity index is 172. The minimum absolute atomic E-state index is 0.520. The van der Waals surface area contributed by atoms with Gasteiger partial charge < -0.3 is 14.5 Å². The summed E-state index contributed by atoms with van der Waals surface area (Å²) in [5.41, 5.74) is 0. The third-order valence-electron chi connectivity index (χ3n) is 4.33. The second-order valence-corrected chi connectivity index (χ2v) is 5.14. The standard InChI is InChI=1S/C13H26N2O/c1-3-14-8-4-12(5-9-14)15-10-6-13(16-2)7-11-15/h12-13H,3-11H2,1-2H3. The first-order valence-corrected chi connectivity index (χ1v) is 6.82. The van der Waals surface area contributed by atoms with Gasteiger partial charge in [-0.05, 0) is 45.3 Å². The van der Waals surface area contributed by atoms with Gasteiger partial charge in [-0.2, -0.15) is 0 Å². The lowest BCUT2D eigenvalue weighted by Gasteiger charge is -2.41. The molecule has 0 aromatic carbocycles. The van der Waals surface area contributed by atoms with Crippen LogP contribution in [-0.4, -0.2) is 61.8 Å². The molecular weight excluding hydrogens is 200 g/mol. The Hall–Kier alpha value is -0.120. The van der Waals surface area contributed by atoms with Crippen LogP contribution in [0.15, 0.2) is 0 Å². The number of rotatable bonds is 3. The number of methoxy groups -OCH3 is 1. The fourth-order valence-electron chi connectivity index (χ4n) is 3.08. The quantitative estimate of drug-likeness (QED) is 0.727. The normalized spacial score (nSPS) is 27.4. The maximum absolute atomic E-state index is 5.43. The van der Waals surface area contributed by atoms with Crippen LogP contribution in [0, 0.1) is 0 Å². The first-order chi connectivity index (χ1) is 7.83. The second-order valence-electron chi connectivity index (χ2n) is 5.14. The van der Waals surface area contributed by atoms with E-state index < -0.39 is 0 Å². The van der Waals surface area contributed by atoms with Crippen molar-refractivity contribution in [1.29, 1.82) is 0 Å². The molecule has 0 atom stereocenters. The van der Waals surface area contributed by atoms with Crippen LogP contribution in [0.5, 0.6) is 0 Å². The molecule has 0 amide bonds. The van der Waals surface area contributed by atoms with Crippen molar-refractivity contribution in [3.63, 3.8) is 0 Å². The fourth-order valence-corrected chi connectivity index (χ4v) is 3.08. The summed E-state index contributed by atoms with van der Waals surface area (Å²) in [4.78, 5) is 5.26. The molecule has 0 saturated carbocycles. The van der Waals surface area contributed by atoms with Crippen LogP contribution in [0.1, 0.15) is 32.6 Å². The van der Waals surface area contributed by atoms with E-state index in [9.17, 15) is 0 Å². The number of hydrogen-bond donors (Lipinski definition) is 0. The van der Waals surface area contributed by atoms with Gasteiger partial charge in [-0.3, -0.25) is 0 Å². The summed E-state index contributed by atoms with van der Waals surface area (Å²) < 4.78 is 5.43. The Kier molecular flexibility index (Phi) is 4.62. The molecule has 2 heterocycles. The third kappa shape index (κ3) is 2.96. The molecule has 2 rings (SSSR count). The molecular formula is C13H26N2O. The highest BCUT2D eigenvalue weighted by Crippen LogP contribution is 2.21. The van der Waals surface area contributed by atoms with Crippen molar-refractivity contribution in [2.24, 2.45) is 0 Å². The molecule has 94 valence electrons. The van der Waals surface area contributed by atoms with Gasteiger partial charge in [0.1, 0.15) is 0 Å². The van der Waals surface area contributed by atoms with Crippen LogP contribution in [-0.2, 0) is 4.74 Å². The number of piperidine rings is 2. The number of hydrogen-bond acceptors (Lipinski definition) is 3. The lowest BCUT2D eigenvalue weighted by Crippen LogP contribution is -2.48. The Morgan fingerprint density at radius 1 is 1.00 bits per heavy atom. The predicted octanol–water partition coefficient (Wildman–Crippen LogP) is 1.58. The summed E-state index contributed by atoms with van der Waals surface area (Å²) in [6.07, 6.45) is 5.71. The minimum Gasteiger partial charge on any atom is -0.381 e. The highest BCUT2D eigenvalue weighted by Gasteiger charge is 2.27. The van der Waals surface area contributed by atoms with E-state index in [2.05, 4.69) is 16.7 Å². The van der Waals surface area contributed by atoms with Crippen LogP contribution in [0.3, 0.4) is 0 Å². The van der Waals surface area contributed by atoms with Crippen LogP contribution >= 0.6 is 0 Å². The maximum Gasteiger partial charge on any atom is 0.0595 e. The lowest BCUT2D eigenvalue weighted by atomic mass is 9.99. The van der Waals surface area contributed by atoms with E-state index in [1.165, 1.54) is 58.4 Å². The molecule has 0 aromatic heterocycles. The van der Waals surface area contributed by atoms with Gasteiger partial charge in [0.15, 0.2) is 0 Å². The van der Waals surface area contributed by atoms with Crippen LogP contribution in [0.4, 0.5) is 0 Å². The van der Waals surface area contributed by atoms with Gasteiger partial charge in [0.2, 0.25) is 0 Å². The molecule has 16 heavy (non-hydrogen) atoms. The monoisotopic (exact) mass is 226 g/mol. The van der Waals surface area contributed by atoms with E-state index in [1.54, 1.807) is 0 Å². The fraction of sp³-hybridized carbons (Fsp3) is 1.00. The zero-order valence-electron chi connectivity index (χ0n) is 10.8. The van der Waals surface area contributed by atoms with E-state index >= 15 is 0 Å². The number of likely N-dealkylation sites (tertiary alicyclic amines) is 2. The molecule has 2 aliphatic heterocycles. The molecule has 2 saturated heterocycles. The number of nitrogens with zero attached hydrogens (tertiary/aromatic N) is 2. The lowest BCUT2D eigenvalue weighted by molar-refractivity contribution is 0.0148. The van der Waals surface area contributed by atoms with E-state index in [4.69, 9.17) is 4.74 Å². The van der Waals surface area contributed by atoms with Crippen molar-refractivity contribution in [2.75, 3.05) is 39.8 Å². The third-order valence-corrected chi connectivity index (χ3v) is 4.33. The molecule has 2 aliphatic rings. The van der Waals surface area contributed by atoms with Gasteiger partial charge in [-0.1, -0.05) is 6.92 Å². The summed E-state index contributed by atoms with van der Waals surface area (Å²) in [6, 6.07) is 0.848. The van der Waals surface area contributed by atoms with Gasteiger partial charge in [-0.25, -0.2) is 0 Å². The molecule has 0 unspecified atom stereocenters. The SMILES string of the molecule is CCN1CCC(N2CCC(OC)CC2)CC1. The Labute approximate surface area is 99.7 Å².